The van der Waals surface area contributed by atoms with Gasteiger partial charge in [-0.1, -0.05) is 12.1 Å². The van der Waals surface area contributed by atoms with Crippen molar-refractivity contribution in [2.75, 3.05) is 20.3 Å². The van der Waals surface area contributed by atoms with Crippen molar-refractivity contribution in [3.05, 3.63) is 35.4 Å². The molecule has 0 bridgehead atoms. The number of carbonyl (C=O) groups is 1. The molecule has 6 nitrogen and oxygen atoms in total. The van der Waals surface area contributed by atoms with Crippen molar-refractivity contribution < 1.29 is 14.3 Å². The van der Waals surface area contributed by atoms with Gasteiger partial charge in [0.25, 0.3) is 0 Å². The molecule has 22 heavy (non-hydrogen) atoms. The van der Waals surface area contributed by atoms with Gasteiger partial charge in [-0.25, -0.2) is 4.79 Å². The van der Waals surface area contributed by atoms with E-state index in [4.69, 9.17) is 17.0 Å². The fraction of sp³-hybridized carbons (Fsp3) is 0.400. The van der Waals surface area contributed by atoms with Crippen molar-refractivity contribution in [2.45, 2.75) is 18.9 Å². The molecule has 2 rings (SSSR count). The third-order valence-corrected chi connectivity index (χ3v) is 3.46. The van der Waals surface area contributed by atoms with E-state index in [-0.39, 0.29) is 12.1 Å². The standard InChI is InChI=1S/C15H19N3O3S/c1-20-14(19)12-6-4-11(5-7-12)9-17-18-15(22)16-10-13-3-2-8-21-13/h4-7,9,13H,2-3,8,10H2,1H3,(H2,16,18,22)/b17-9+. The highest BCUT2D eigenvalue weighted by Gasteiger charge is 2.14. The summed E-state index contributed by atoms with van der Waals surface area (Å²) >= 11 is 5.12. The van der Waals surface area contributed by atoms with E-state index in [0.29, 0.717) is 17.2 Å². The third kappa shape index (κ3) is 5.09. The Morgan fingerprint density at radius 3 is 2.91 bits per heavy atom. The number of nitrogens with one attached hydrogen (secondary N) is 2. The van der Waals surface area contributed by atoms with Crippen molar-refractivity contribution in [3.8, 4) is 0 Å². The Morgan fingerprint density at radius 2 is 2.27 bits per heavy atom. The van der Waals surface area contributed by atoms with E-state index in [9.17, 15) is 4.79 Å². The zero-order valence-corrected chi connectivity index (χ0v) is 13.2. The number of carbonyl (C=O) groups excluding carboxylic acids is 1. The van der Waals surface area contributed by atoms with Crippen molar-refractivity contribution >= 4 is 29.5 Å². The van der Waals surface area contributed by atoms with Crippen LogP contribution in [0.5, 0.6) is 0 Å². The van der Waals surface area contributed by atoms with Gasteiger partial charge in [0, 0.05) is 13.2 Å². The molecule has 0 saturated carbocycles. The average Bonchev–Trinajstić information content (AvgIpc) is 3.06. The first-order valence-electron chi connectivity index (χ1n) is 7.06. The number of hydrogen-bond acceptors (Lipinski definition) is 5. The van der Waals surface area contributed by atoms with E-state index < -0.39 is 0 Å². The van der Waals surface area contributed by atoms with Crippen LogP contribution in [0.15, 0.2) is 29.4 Å². The number of esters is 1. The molecule has 0 spiro atoms. The van der Waals surface area contributed by atoms with Crippen molar-refractivity contribution in [2.24, 2.45) is 5.10 Å². The minimum Gasteiger partial charge on any atom is -0.465 e. The highest BCUT2D eigenvalue weighted by Crippen LogP contribution is 2.10. The van der Waals surface area contributed by atoms with E-state index in [1.54, 1.807) is 30.5 Å². The van der Waals surface area contributed by atoms with Crippen LogP contribution in [0.4, 0.5) is 0 Å². The molecule has 0 radical (unpaired) electrons. The number of thiocarbonyl (C=S) groups is 1. The van der Waals surface area contributed by atoms with Gasteiger partial charge in [-0.05, 0) is 42.8 Å². The van der Waals surface area contributed by atoms with Crippen molar-refractivity contribution in [1.29, 1.82) is 0 Å². The van der Waals surface area contributed by atoms with E-state index in [1.165, 1.54) is 7.11 Å². The zero-order chi connectivity index (χ0) is 15.8. The lowest BCUT2D eigenvalue weighted by Crippen LogP contribution is -2.37. The van der Waals surface area contributed by atoms with E-state index in [2.05, 4.69) is 20.6 Å². The molecule has 0 aliphatic carbocycles. The molecule has 1 fully saturated rings. The number of ether oxygens (including phenoxy) is 2. The van der Waals surface area contributed by atoms with Crippen LogP contribution in [-0.2, 0) is 9.47 Å². The van der Waals surface area contributed by atoms with Gasteiger partial charge >= 0.3 is 5.97 Å². The Morgan fingerprint density at radius 1 is 1.50 bits per heavy atom. The van der Waals surface area contributed by atoms with Crippen molar-refractivity contribution in [3.63, 3.8) is 0 Å². The molecule has 2 N–H and O–H groups in total. The Bertz CT molecular complexity index is 539. The summed E-state index contributed by atoms with van der Waals surface area (Å²) < 4.78 is 10.1. The van der Waals surface area contributed by atoms with Crippen LogP contribution in [0, 0.1) is 0 Å². The topological polar surface area (TPSA) is 72.0 Å². The summed E-state index contributed by atoms with van der Waals surface area (Å²) in [5.41, 5.74) is 4.10. The SMILES string of the molecule is COC(=O)c1ccc(/C=N/NC(=S)NCC2CCCO2)cc1. The van der Waals surface area contributed by atoms with E-state index in [1.807, 2.05) is 0 Å². The second-order valence-electron chi connectivity index (χ2n) is 4.83. The molecule has 1 aliphatic heterocycles. The predicted octanol–water partition coefficient (Wildman–Crippen LogP) is 1.45. The molecular weight excluding hydrogens is 302 g/mol. The average molecular weight is 321 g/mol. The van der Waals surface area contributed by atoms with Gasteiger partial charge in [-0.2, -0.15) is 5.10 Å². The molecule has 118 valence electrons. The summed E-state index contributed by atoms with van der Waals surface area (Å²) in [7, 11) is 1.35. The fourth-order valence-electron chi connectivity index (χ4n) is 2.04. The second kappa shape index (κ2) is 8.45. The van der Waals surface area contributed by atoms with E-state index in [0.717, 1.165) is 25.0 Å². The number of nitrogens with zero attached hydrogens (tertiary/aromatic N) is 1. The lowest BCUT2D eigenvalue weighted by molar-refractivity contribution is 0.0600. The quantitative estimate of drug-likeness (QED) is 0.370. The Hall–Kier alpha value is -1.99. The number of methoxy groups -OCH3 is 1. The van der Waals surface area contributed by atoms with Crippen LogP contribution in [0.3, 0.4) is 0 Å². The minimum absolute atomic E-state index is 0.231. The van der Waals surface area contributed by atoms with Crippen LogP contribution in [0.1, 0.15) is 28.8 Å². The van der Waals surface area contributed by atoms with Gasteiger partial charge < -0.3 is 14.8 Å². The maximum atomic E-state index is 11.3. The molecule has 1 heterocycles. The summed E-state index contributed by atoms with van der Waals surface area (Å²) in [4.78, 5) is 11.3. The fourth-order valence-corrected chi connectivity index (χ4v) is 2.18. The lowest BCUT2D eigenvalue weighted by Gasteiger charge is -2.11. The zero-order valence-electron chi connectivity index (χ0n) is 12.4. The number of hydrogen-bond donors (Lipinski definition) is 2. The van der Waals surface area contributed by atoms with E-state index >= 15 is 0 Å². The molecule has 1 aromatic carbocycles. The molecule has 1 atom stereocenters. The highest BCUT2D eigenvalue weighted by molar-refractivity contribution is 7.80. The van der Waals surface area contributed by atoms with Crippen molar-refractivity contribution in [1.82, 2.24) is 10.7 Å². The first kappa shape index (κ1) is 16.4. The molecule has 0 amide bonds. The largest absolute Gasteiger partial charge is 0.465 e. The second-order valence-corrected chi connectivity index (χ2v) is 5.24. The molecule has 7 heteroatoms. The summed E-state index contributed by atoms with van der Waals surface area (Å²) in [5, 5.41) is 7.57. The summed E-state index contributed by atoms with van der Waals surface area (Å²) in [6.07, 6.45) is 4.02. The maximum absolute atomic E-state index is 11.3. The summed E-state index contributed by atoms with van der Waals surface area (Å²) in [6, 6.07) is 6.92. The number of benzene rings is 1. The Labute approximate surface area is 134 Å². The number of rotatable bonds is 5. The van der Waals surface area contributed by atoms with Gasteiger partial charge in [-0.15, -0.1) is 0 Å². The lowest BCUT2D eigenvalue weighted by atomic mass is 10.1. The first-order chi connectivity index (χ1) is 10.7. The molecule has 1 aromatic rings. The smallest absolute Gasteiger partial charge is 0.337 e. The van der Waals surface area contributed by atoms with Gasteiger partial charge in [0.2, 0.25) is 0 Å². The van der Waals surface area contributed by atoms with Gasteiger partial charge in [0.1, 0.15) is 0 Å². The predicted molar refractivity (Wildman–Crippen MR) is 88.1 cm³/mol. The minimum atomic E-state index is -0.360. The molecule has 0 aromatic heterocycles. The van der Waals surface area contributed by atoms with Crippen LogP contribution < -0.4 is 10.7 Å². The van der Waals surface area contributed by atoms with Crippen LogP contribution in [-0.4, -0.2) is 43.7 Å². The normalized spacial score (nSPS) is 17.4. The van der Waals surface area contributed by atoms with Crippen LogP contribution >= 0.6 is 12.2 Å². The van der Waals surface area contributed by atoms with Crippen LogP contribution in [0.2, 0.25) is 0 Å². The molecule has 1 aliphatic rings. The Balaban J connectivity index is 1.74. The van der Waals surface area contributed by atoms with Gasteiger partial charge in [-0.3, -0.25) is 5.43 Å². The summed E-state index contributed by atoms with van der Waals surface area (Å²) in [5.74, 6) is -0.360. The monoisotopic (exact) mass is 321 g/mol. The van der Waals surface area contributed by atoms with Gasteiger partial charge in [0.05, 0.1) is 25.0 Å². The number of hydrazone groups is 1. The first-order valence-corrected chi connectivity index (χ1v) is 7.47. The highest BCUT2D eigenvalue weighted by atomic mass is 32.1. The maximum Gasteiger partial charge on any atom is 0.337 e. The summed E-state index contributed by atoms with van der Waals surface area (Å²) in [6.45, 7) is 1.52. The molecule has 1 saturated heterocycles. The molecular formula is C15H19N3O3S. The van der Waals surface area contributed by atoms with Crippen LogP contribution in [0.25, 0.3) is 0 Å². The molecule has 1 unspecified atom stereocenters. The third-order valence-electron chi connectivity index (χ3n) is 3.23. The van der Waals surface area contributed by atoms with Gasteiger partial charge in [0.15, 0.2) is 5.11 Å². The Kier molecular flexibility index (Phi) is 6.29.